The van der Waals surface area contributed by atoms with Crippen molar-refractivity contribution in [1.82, 2.24) is 24.7 Å². The molecule has 1 saturated carbocycles. The van der Waals surface area contributed by atoms with E-state index in [0.717, 1.165) is 0 Å². The molecule has 13 heteroatoms. The lowest BCUT2D eigenvalue weighted by Crippen LogP contribution is -2.27. The molecule has 0 bridgehead atoms. The number of hydrogen-bond donors (Lipinski definition) is 0. The van der Waals surface area contributed by atoms with Gasteiger partial charge in [-0.3, -0.25) is 4.57 Å². The first kappa shape index (κ1) is 25.2. The molecular weight excluding hydrogens is 504 g/mol. The van der Waals surface area contributed by atoms with Gasteiger partial charge in [0.05, 0.1) is 30.4 Å². The Morgan fingerprint density at radius 2 is 1.71 bits per heavy atom. The largest absolute Gasteiger partial charge is 0.494 e. The Bertz CT molecular complexity index is 1310. The second-order valence-corrected chi connectivity index (χ2v) is 11.2. The highest BCUT2D eigenvalue weighted by atomic mass is 35.5. The molecular formula is C22H24ClF2N5O4S. The monoisotopic (exact) mass is 527 g/mol. The summed E-state index contributed by atoms with van der Waals surface area (Å²) in [5.74, 6) is -4.44. The highest BCUT2D eigenvalue weighted by Crippen LogP contribution is 2.56. The van der Waals surface area contributed by atoms with E-state index in [9.17, 15) is 17.2 Å². The molecule has 4 rings (SSSR count). The second kappa shape index (κ2) is 9.30. The molecule has 0 N–H and O–H groups in total. The molecule has 9 nitrogen and oxygen atoms in total. The number of nitrogens with zero attached hydrogens (tertiary/aromatic N) is 5. The Hall–Kier alpha value is -2.86. The van der Waals surface area contributed by atoms with Crippen molar-refractivity contribution in [1.29, 1.82) is 0 Å². The lowest BCUT2D eigenvalue weighted by atomic mass is 10.1. The first-order valence-corrected chi connectivity index (χ1v) is 12.8. The van der Waals surface area contributed by atoms with Gasteiger partial charge in [0.2, 0.25) is 0 Å². The Morgan fingerprint density at radius 1 is 1.14 bits per heavy atom. The molecule has 0 radical (unpaired) electrons. The fraction of sp³-hybridized carbons (Fsp3) is 0.455. The van der Waals surface area contributed by atoms with Crippen molar-refractivity contribution in [3.63, 3.8) is 0 Å². The van der Waals surface area contributed by atoms with Gasteiger partial charge in [-0.1, -0.05) is 24.6 Å². The van der Waals surface area contributed by atoms with Crippen LogP contribution in [0.25, 0.3) is 5.69 Å². The van der Waals surface area contributed by atoms with Crippen LogP contribution in [-0.4, -0.2) is 58.5 Å². The number of alkyl halides is 2. The fourth-order valence-corrected chi connectivity index (χ4v) is 5.48. The van der Waals surface area contributed by atoms with E-state index in [4.69, 9.17) is 21.1 Å². The van der Waals surface area contributed by atoms with Crippen molar-refractivity contribution in [3.8, 4) is 17.2 Å². The maximum absolute atomic E-state index is 14.1. The van der Waals surface area contributed by atoms with E-state index < -0.39 is 45.0 Å². The van der Waals surface area contributed by atoms with Crippen molar-refractivity contribution < 1.29 is 26.7 Å². The summed E-state index contributed by atoms with van der Waals surface area (Å²) in [6.07, 6.45) is 2.38. The van der Waals surface area contributed by atoms with Crippen molar-refractivity contribution in [2.24, 2.45) is 0 Å². The van der Waals surface area contributed by atoms with Crippen molar-refractivity contribution in [2.45, 2.75) is 49.0 Å². The van der Waals surface area contributed by atoms with Crippen LogP contribution in [-0.2, 0) is 15.6 Å². The van der Waals surface area contributed by atoms with Crippen LogP contribution in [0.2, 0.25) is 5.02 Å². The predicted octanol–water partition coefficient (Wildman–Crippen LogP) is 3.96. The third kappa shape index (κ3) is 4.81. The van der Waals surface area contributed by atoms with Crippen molar-refractivity contribution in [2.75, 3.05) is 14.2 Å². The highest BCUT2D eigenvalue weighted by Gasteiger charge is 2.60. The van der Waals surface area contributed by atoms with Crippen LogP contribution in [0.5, 0.6) is 11.5 Å². The van der Waals surface area contributed by atoms with Crippen molar-refractivity contribution >= 4 is 21.4 Å². The van der Waals surface area contributed by atoms with Crippen LogP contribution in [0.3, 0.4) is 0 Å². The van der Waals surface area contributed by atoms with Gasteiger partial charge in [0, 0.05) is 24.7 Å². The molecule has 0 amide bonds. The summed E-state index contributed by atoms with van der Waals surface area (Å²) < 4.78 is 67.1. The predicted molar refractivity (Wildman–Crippen MR) is 124 cm³/mol. The van der Waals surface area contributed by atoms with Crippen LogP contribution in [0.15, 0.2) is 30.6 Å². The van der Waals surface area contributed by atoms with E-state index in [-0.39, 0.29) is 17.3 Å². The topological polar surface area (TPSA) is 109 Å². The molecule has 35 heavy (non-hydrogen) atoms. The van der Waals surface area contributed by atoms with Gasteiger partial charge < -0.3 is 9.47 Å². The van der Waals surface area contributed by atoms with Crippen LogP contribution < -0.4 is 9.47 Å². The molecule has 0 saturated heterocycles. The Balaban J connectivity index is 1.77. The molecule has 1 fully saturated rings. The van der Waals surface area contributed by atoms with E-state index in [1.54, 1.807) is 25.1 Å². The number of aromatic nitrogens is 5. The third-order valence-corrected chi connectivity index (χ3v) is 8.56. The average Bonchev–Trinajstić information content (AvgIpc) is 3.28. The quantitative estimate of drug-likeness (QED) is 0.411. The maximum Gasteiger partial charge on any atom is 0.259 e. The number of benzene rings is 1. The van der Waals surface area contributed by atoms with Gasteiger partial charge in [-0.25, -0.2) is 27.2 Å². The zero-order valence-electron chi connectivity index (χ0n) is 19.4. The lowest BCUT2D eigenvalue weighted by Gasteiger charge is -2.20. The Morgan fingerprint density at radius 3 is 2.23 bits per heavy atom. The first-order valence-electron chi connectivity index (χ1n) is 10.7. The molecule has 1 aromatic carbocycles. The lowest BCUT2D eigenvalue weighted by molar-refractivity contribution is 0.110. The summed E-state index contributed by atoms with van der Waals surface area (Å²) in [5.41, 5.74) is 0.257. The summed E-state index contributed by atoms with van der Waals surface area (Å²) in [6, 6.07) is 4.91. The van der Waals surface area contributed by atoms with Gasteiger partial charge in [-0.05, 0) is 19.1 Å². The van der Waals surface area contributed by atoms with E-state index in [1.807, 2.05) is 0 Å². The molecule has 3 aromatic rings. The number of ether oxygens (including phenoxy) is 2. The van der Waals surface area contributed by atoms with Crippen molar-refractivity contribution in [3.05, 3.63) is 53.1 Å². The van der Waals surface area contributed by atoms with Gasteiger partial charge >= 0.3 is 0 Å². The molecule has 1 aliphatic carbocycles. The zero-order chi connectivity index (χ0) is 25.5. The van der Waals surface area contributed by atoms with E-state index in [2.05, 4.69) is 20.2 Å². The fourth-order valence-electron chi connectivity index (χ4n) is 3.83. The second-order valence-electron chi connectivity index (χ2n) is 8.40. The van der Waals surface area contributed by atoms with Crippen LogP contribution >= 0.6 is 11.6 Å². The van der Waals surface area contributed by atoms with E-state index in [0.29, 0.717) is 22.3 Å². The maximum atomic E-state index is 14.1. The first-order chi connectivity index (χ1) is 16.5. The number of hydrogen-bond acceptors (Lipinski definition) is 8. The smallest absolute Gasteiger partial charge is 0.259 e. The minimum absolute atomic E-state index is 0.0263. The van der Waals surface area contributed by atoms with Crippen LogP contribution in [0.1, 0.15) is 49.6 Å². The molecule has 0 aliphatic heterocycles. The molecule has 2 aromatic heterocycles. The number of para-hydroxylation sites is 1. The molecule has 188 valence electrons. The Kier molecular flexibility index (Phi) is 6.71. The van der Waals surface area contributed by atoms with Gasteiger partial charge in [0.15, 0.2) is 15.7 Å². The van der Waals surface area contributed by atoms with Gasteiger partial charge in [0.1, 0.15) is 34.6 Å². The standard InChI is InChI=1S/C22H24ClF2N5O4S/c1-12(20-26-9-14(23)10-27-20)13(2)35(31,32)11-18-28-29-21(15-8-22(15,24)25)30(18)19-16(33-3)6-5-7-17(19)34-4/h5-7,9-10,12-13,15H,8,11H2,1-4H3/t12-,13-,15-/m0/s1. The summed E-state index contributed by atoms with van der Waals surface area (Å²) in [5, 5.41) is 7.41. The summed E-state index contributed by atoms with van der Waals surface area (Å²) in [6.45, 7) is 3.23. The Labute approximate surface area is 206 Å². The van der Waals surface area contributed by atoms with Gasteiger partial charge in [-0.2, -0.15) is 0 Å². The molecule has 0 unspecified atom stereocenters. The average molecular weight is 528 g/mol. The zero-order valence-corrected chi connectivity index (χ0v) is 21.0. The van der Waals surface area contributed by atoms with Gasteiger partial charge in [0.25, 0.3) is 5.92 Å². The molecule has 2 heterocycles. The van der Waals surface area contributed by atoms with Crippen LogP contribution in [0.4, 0.5) is 8.78 Å². The summed E-state index contributed by atoms with van der Waals surface area (Å²) >= 11 is 5.84. The summed E-state index contributed by atoms with van der Waals surface area (Å²) in [4.78, 5) is 8.25. The number of rotatable bonds is 9. The number of methoxy groups -OCH3 is 2. The van der Waals surface area contributed by atoms with Gasteiger partial charge in [-0.15, -0.1) is 10.2 Å². The number of sulfone groups is 1. The minimum atomic E-state index is -3.87. The van der Waals surface area contributed by atoms with E-state index >= 15 is 0 Å². The SMILES string of the molecule is COc1cccc(OC)c1-n1c(CS(=O)(=O)[C@@H](C)[C@H](C)c2ncc(Cl)cn2)nnc1[C@@H]1CC1(F)F. The third-order valence-electron chi connectivity index (χ3n) is 6.17. The van der Waals surface area contributed by atoms with E-state index in [1.165, 1.54) is 38.1 Å². The normalized spacial score (nSPS) is 18.7. The molecule has 3 atom stereocenters. The molecule has 0 spiro atoms. The van der Waals surface area contributed by atoms with Crippen LogP contribution in [0, 0.1) is 0 Å². The summed E-state index contributed by atoms with van der Waals surface area (Å²) in [7, 11) is -1.03. The highest BCUT2D eigenvalue weighted by molar-refractivity contribution is 7.91. The molecule has 1 aliphatic rings. The minimum Gasteiger partial charge on any atom is -0.494 e. The number of halogens is 3.